The van der Waals surface area contributed by atoms with Crippen molar-refractivity contribution >= 4 is 27.7 Å². The second kappa shape index (κ2) is 7.14. The van der Waals surface area contributed by atoms with E-state index < -0.39 is 17.6 Å². The highest BCUT2D eigenvalue weighted by Crippen LogP contribution is 2.32. The molecule has 2 aromatic rings. The van der Waals surface area contributed by atoms with Crippen molar-refractivity contribution in [3.05, 3.63) is 57.8 Å². The molecule has 1 aromatic carbocycles. The molecule has 1 aliphatic rings. The Labute approximate surface area is 155 Å². The first-order valence-corrected chi connectivity index (χ1v) is 8.65. The molecular weight excluding hydrogens is 415 g/mol. The fraction of sp³-hybridized carbons (Fsp3) is 0.294. The Morgan fingerprint density at radius 3 is 2.12 bits per heavy atom. The highest BCUT2D eigenvalue weighted by molar-refractivity contribution is 9.10. The Balaban J connectivity index is 1.69. The first-order chi connectivity index (χ1) is 12.3. The van der Waals surface area contributed by atoms with Crippen molar-refractivity contribution in [3.8, 4) is 0 Å². The van der Waals surface area contributed by atoms with Crippen molar-refractivity contribution in [2.24, 2.45) is 0 Å². The molecule has 1 fully saturated rings. The second-order valence-corrected chi connectivity index (χ2v) is 6.77. The van der Waals surface area contributed by atoms with Gasteiger partial charge in [-0.1, -0.05) is 12.1 Å². The fourth-order valence-electron chi connectivity index (χ4n) is 2.86. The minimum Gasteiger partial charge on any atom is -0.356 e. The van der Waals surface area contributed by atoms with Crippen molar-refractivity contribution in [2.75, 3.05) is 26.2 Å². The van der Waals surface area contributed by atoms with Crippen LogP contribution in [0, 0.1) is 0 Å². The van der Waals surface area contributed by atoms with E-state index in [1.807, 2.05) is 0 Å². The topological polar surface area (TPSA) is 56.4 Å². The number of hydrogen-bond donors (Lipinski definition) is 1. The summed E-state index contributed by atoms with van der Waals surface area (Å²) in [6.07, 6.45) is -2.95. The molecule has 0 atom stereocenters. The summed E-state index contributed by atoms with van der Waals surface area (Å²) < 4.78 is 40.1. The Bertz CT molecular complexity index is 827. The molecule has 1 aliphatic heterocycles. The number of H-pyrrole nitrogens is 1. The Kier molecular flexibility index (Phi) is 5.08. The predicted octanol–water partition coefficient (Wildman–Crippen LogP) is 3.39. The number of aromatic nitrogens is 1. The third-order valence-corrected chi connectivity index (χ3v) is 4.65. The molecule has 0 bridgehead atoms. The van der Waals surface area contributed by atoms with E-state index in [0.717, 1.165) is 10.5 Å². The van der Waals surface area contributed by atoms with Crippen molar-refractivity contribution < 1.29 is 22.8 Å². The number of rotatable bonds is 2. The lowest BCUT2D eigenvalue weighted by Gasteiger charge is -2.35. The number of amides is 2. The lowest BCUT2D eigenvalue weighted by atomic mass is 10.1. The van der Waals surface area contributed by atoms with Gasteiger partial charge in [0.15, 0.2) is 0 Å². The number of nitrogens with zero attached hydrogens (tertiary/aromatic N) is 2. The molecule has 2 heterocycles. The van der Waals surface area contributed by atoms with E-state index in [1.165, 1.54) is 23.1 Å². The number of piperazine rings is 1. The van der Waals surface area contributed by atoms with Crippen LogP contribution in [0.5, 0.6) is 0 Å². The maximum Gasteiger partial charge on any atom is 0.417 e. The third kappa shape index (κ3) is 3.77. The molecule has 0 radical (unpaired) electrons. The van der Waals surface area contributed by atoms with E-state index in [0.29, 0.717) is 5.69 Å². The summed E-state index contributed by atoms with van der Waals surface area (Å²) in [7, 11) is 0. The van der Waals surface area contributed by atoms with Crippen LogP contribution < -0.4 is 0 Å². The van der Waals surface area contributed by atoms with E-state index in [2.05, 4.69) is 20.9 Å². The van der Waals surface area contributed by atoms with Gasteiger partial charge in [0.1, 0.15) is 5.69 Å². The van der Waals surface area contributed by atoms with Gasteiger partial charge in [-0.05, 0) is 34.1 Å². The summed E-state index contributed by atoms with van der Waals surface area (Å²) >= 11 is 3.25. The summed E-state index contributed by atoms with van der Waals surface area (Å²) in [5.41, 5.74) is -0.896. The summed E-state index contributed by atoms with van der Waals surface area (Å²) in [5.74, 6) is -0.883. The number of aromatic amines is 1. The van der Waals surface area contributed by atoms with Gasteiger partial charge in [-0.25, -0.2) is 0 Å². The van der Waals surface area contributed by atoms with Gasteiger partial charge >= 0.3 is 6.18 Å². The minimum atomic E-state index is -4.59. The van der Waals surface area contributed by atoms with Crippen LogP contribution in [0.4, 0.5) is 13.2 Å². The van der Waals surface area contributed by atoms with E-state index in [4.69, 9.17) is 0 Å². The zero-order valence-corrected chi connectivity index (χ0v) is 15.1. The number of carbonyl (C=O) groups is 2. The first kappa shape index (κ1) is 18.5. The normalized spacial score (nSPS) is 15.2. The predicted molar refractivity (Wildman–Crippen MR) is 91.7 cm³/mol. The van der Waals surface area contributed by atoms with Gasteiger partial charge in [0.05, 0.1) is 11.1 Å². The summed E-state index contributed by atoms with van der Waals surface area (Å²) in [5, 5.41) is 0. The zero-order valence-electron chi connectivity index (χ0n) is 13.5. The monoisotopic (exact) mass is 429 g/mol. The van der Waals surface area contributed by atoms with Gasteiger partial charge in [0.25, 0.3) is 11.8 Å². The van der Waals surface area contributed by atoms with E-state index in [-0.39, 0.29) is 37.6 Å². The SMILES string of the molecule is O=C(c1cc(Br)c[nH]1)N1CCN(C(=O)c2ccccc2C(F)(F)F)CC1. The summed E-state index contributed by atoms with van der Waals surface area (Å²) in [6, 6.07) is 6.39. The third-order valence-electron chi connectivity index (χ3n) is 4.20. The largest absolute Gasteiger partial charge is 0.417 e. The number of carbonyl (C=O) groups excluding carboxylic acids is 2. The molecular formula is C17H15BrF3N3O2. The molecule has 26 heavy (non-hydrogen) atoms. The number of alkyl halides is 3. The number of nitrogens with one attached hydrogen (secondary N) is 1. The van der Waals surface area contributed by atoms with Crippen LogP contribution in [0.3, 0.4) is 0 Å². The van der Waals surface area contributed by atoms with Gasteiger partial charge < -0.3 is 14.8 Å². The van der Waals surface area contributed by atoms with Crippen LogP contribution in [0.2, 0.25) is 0 Å². The molecule has 5 nitrogen and oxygen atoms in total. The molecule has 1 N–H and O–H groups in total. The Hall–Kier alpha value is -2.29. The number of halogens is 4. The van der Waals surface area contributed by atoms with E-state index in [1.54, 1.807) is 17.2 Å². The van der Waals surface area contributed by atoms with Crippen molar-refractivity contribution in [2.45, 2.75) is 6.18 Å². The van der Waals surface area contributed by atoms with Crippen molar-refractivity contribution in [3.63, 3.8) is 0 Å². The Morgan fingerprint density at radius 1 is 1.00 bits per heavy atom. The zero-order chi connectivity index (χ0) is 18.9. The molecule has 2 amide bonds. The molecule has 138 valence electrons. The second-order valence-electron chi connectivity index (χ2n) is 5.86. The highest BCUT2D eigenvalue weighted by atomic mass is 79.9. The van der Waals surface area contributed by atoms with Gasteiger partial charge in [-0.2, -0.15) is 13.2 Å². The van der Waals surface area contributed by atoms with E-state index in [9.17, 15) is 22.8 Å². The van der Waals surface area contributed by atoms with Gasteiger partial charge in [-0.15, -0.1) is 0 Å². The van der Waals surface area contributed by atoms with Crippen LogP contribution >= 0.6 is 15.9 Å². The smallest absolute Gasteiger partial charge is 0.356 e. The van der Waals surface area contributed by atoms with Crippen LogP contribution in [-0.2, 0) is 6.18 Å². The summed E-state index contributed by atoms with van der Waals surface area (Å²) in [4.78, 5) is 30.7. The van der Waals surface area contributed by atoms with Crippen LogP contribution in [0.1, 0.15) is 26.4 Å². The highest BCUT2D eigenvalue weighted by Gasteiger charge is 2.36. The molecule has 0 aliphatic carbocycles. The fourth-order valence-corrected chi connectivity index (χ4v) is 3.20. The van der Waals surface area contributed by atoms with Crippen molar-refractivity contribution in [1.29, 1.82) is 0 Å². The lowest BCUT2D eigenvalue weighted by molar-refractivity contribution is -0.138. The van der Waals surface area contributed by atoms with Crippen LogP contribution in [0.15, 0.2) is 41.0 Å². The number of hydrogen-bond acceptors (Lipinski definition) is 2. The van der Waals surface area contributed by atoms with Crippen LogP contribution in [0.25, 0.3) is 0 Å². The molecule has 0 spiro atoms. The van der Waals surface area contributed by atoms with E-state index >= 15 is 0 Å². The maximum absolute atomic E-state index is 13.1. The number of benzene rings is 1. The average molecular weight is 430 g/mol. The molecule has 1 aromatic heterocycles. The molecule has 3 rings (SSSR count). The Morgan fingerprint density at radius 2 is 1.58 bits per heavy atom. The van der Waals surface area contributed by atoms with Gasteiger partial charge in [-0.3, -0.25) is 9.59 Å². The average Bonchev–Trinajstić information content (AvgIpc) is 3.06. The van der Waals surface area contributed by atoms with Crippen LogP contribution in [-0.4, -0.2) is 52.8 Å². The first-order valence-electron chi connectivity index (χ1n) is 7.86. The quantitative estimate of drug-likeness (QED) is 0.795. The lowest BCUT2D eigenvalue weighted by Crippen LogP contribution is -2.50. The molecule has 9 heteroatoms. The van der Waals surface area contributed by atoms with Crippen molar-refractivity contribution in [1.82, 2.24) is 14.8 Å². The summed E-state index contributed by atoms with van der Waals surface area (Å²) in [6.45, 7) is 0.877. The van der Waals surface area contributed by atoms with Gasteiger partial charge in [0, 0.05) is 36.8 Å². The standard InChI is InChI=1S/C17H15BrF3N3O2/c18-11-9-14(22-10-11)16(26)24-7-5-23(6-8-24)15(25)12-3-1-2-4-13(12)17(19,20)21/h1-4,9-10,22H,5-8H2. The molecule has 0 saturated carbocycles. The molecule has 1 saturated heterocycles. The minimum absolute atomic E-state index is 0.179. The van der Waals surface area contributed by atoms with Gasteiger partial charge in [0.2, 0.25) is 0 Å². The maximum atomic E-state index is 13.1. The molecule has 0 unspecified atom stereocenters.